The van der Waals surface area contributed by atoms with E-state index in [0.717, 1.165) is 25.4 Å². The van der Waals surface area contributed by atoms with Crippen LogP contribution in [-0.2, 0) is 0 Å². The van der Waals surface area contributed by atoms with Crippen molar-refractivity contribution in [3.8, 4) is 5.75 Å². The molecule has 2 unspecified atom stereocenters. The lowest BCUT2D eigenvalue weighted by Crippen LogP contribution is -2.33. The molecule has 0 saturated heterocycles. The highest BCUT2D eigenvalue weighted by atomic mass is 16.5. The van der Waals surface area contributed by atoms with Gasteiger partial charge in [0.1, 0.15) is 11.9 Å². The molecule has 0 aromatic heterocycles. The van der Waals surface area contributed by atoms with Crippen molar-refractivity contribution >= 4 is 5.69 Å². The average Bonchev–Trinajstić information content (AvgIpc) is 2.85. The van der Waals surface area contributed by atoms with E-state index in [1.165, 1.54) is 11.3 Å². The third-order valence-corrected chi connectivity index (χ3v) is 4.19. The Bertz CT molecular complexity index is 599. The summed E-state index contributed by atoms with van der Waals surface area (Å²) in [6.07, 6.45) is 0.164. The van der Waals surface area contributed by atoms with Gasteiger partial charge in [0.15, 0.2) is 0 Å². The molecule has 116 valence electrons. The van der Waals surface area contributed by atoms with Crippen molar-refractivity contribution in [2.24, 2.45) is 0 Å². The molecule has 22 heavy (non-hydrogen) atoms. The summed E-state index contributed by atoms with van der Waals surface area (Å²) in [5.41, 5.74) is 2.82. The van der Waals surface area contributed by atoms with Crippen LogP contribution in [0.2, 0.25) is 0 Å². The molecule has 0 saturated carbocycles. The van der Waals surface area contributed by atoms with Crippen LogP contribution in [0.1, 0.15) is 18.4 Å². The number of ether oxygens (including phenoxy) is 1. The Morgan fingerprint density at radius 2 is 1.86 bits per heavy atom. The second kappa shape index (κ2) is 6.84. The van der Waals surface area contributed by atoms with Crippen LogP contribution in [-0.4, -0.2) is 32.8 Å². The Kier molecular flexibility index (Phi) is 4.64. The zero-order valence-electron chi connectivity index (χ0n) is 13.3. The Morgan fingerprint density at radius 1 is 1.14 bits per heavy atom. The van der Waals surface area contributed by atoms with Crippen molar-refractivity contribution in [2.75, 3.05) is 31.6 Å². The third kappa shape index (κ3) is 3.42. The molecule has 2 aromatic carbocycles. The second-order valence-electron chi connectivity index (χ2n) is 6.04. The second-order valence-corrected chi connectivity index (χ2v) is 6.04. The SMILES string of the molecule is CC(CNCC1CN(C)c2ccccc21)Oc1ccccc1. The van der Waals surface area contributed by atoms with Crippen LogP contribution in [0.5, 0.6) is 5.75 Å². The van der Waals surface area contributed by atoms with E-state index in [0.29, 0.717) is 5.92 Å². The van der Waals surface area contributed by atoms with Crippen molar-refractivity contribution in [3.63, 3.8) is 0 Å². The summed E-state index contributed by atoms with van der Waals surface area (Å²) in [7, 11) is 2.17. The highest BCUT2D eigenvalue weighted by Gasteiger charge is 2.25. The summed E-state index contributed by atoms with van der Waals surface area (Å²) in [6, 6.07) is 18.7. The summed E-state index contributed by atoms with van der Waals surface area (Å²) >= 11 is 0. The highest BCUT2D eigenvalue weighted by Crippen LogP contribution is 2.34. The van der Waals surface area contributed by atoms with E-state index >= 15 is 0 Å². The molecule has 0 fully saturated rings. The first-order valence-electron chi connectivity index (χ1n) is 7.96. The Balaban J connectivity index is 1.48. The van der Waals surface area contributed by atoms with Gasteiger partial charge in [-0.3, -0.25) is 0 Å². The number of fused-ring (bicyclic) bond motifs is 1. The lowest BCUT2D eigenvalue weighted by molar-refractivity contribution is 0.216. The van der Waals surface area contributed by atoms with Gasteiger partial charge in [-0.15, -0.1) is 0 Å². The molecule has 1 N–H and O–H groups in total. The Labute approximate surface area is 132 Å². The molecule has 1 aliphatic heterocycles. The smallest absolute Gasteiger partial charge is 0.119 e. The number of anilines is 1. The third-order valence-electron chi connectivity index (χ3n) is 4.19. The van der Waals surface area contributed by atoms with Gasteiger partial charge in [0.25, 0.3) is 0 Å². The number of likely N-dealkylation sites (N-methyl/N-ethyl adjacent to an activating group) is 1. The summed E-state index contributed by atoms with van der Waals surface area (Å²) in [5.74, 6) is 1.49. The lowest BCUT2D eigenvalue weighted by atomic mass is 10.0. The first kappa shape index (κ1) is 14.9. The van der Waals surface area contributed by atoms with Crippen molar-refractivity contribution < 1.29 is 4.74 Å². The minimum absolute atomic E-state index is 0.164. The zero-order valence-corrected chi connectivity index (χ0v) is 13.3. The number of hydrogen-bond acceptors (Lipinski definition) is 3. The molecule has 0 spiro atoms. The minimum atomic E-state index is 0.164. The number of para-hydroxylation sites is 2. The van der Waals surface area contributed by atoms with E-state index < -0.39 is 0 Å². The largest absolute Gasteiger partial charge is 0.489 e. The minimum Gasteiger partial charge on any atom is -0.489 e. The number of rotatable bonds is 6. The lowest BCUT2D eigenvalue weighted by Gasteiger charge is -2.18. The summed E-state index contributed by atoms with van der Waals surface area (Å²) in [6.45, 7) is 5.04. The molecule has 1 heterocycles. The molecule has 3 rings (SSSR count). The van der Waals surface area contributed by atoms with Crippen molar-refractivity contribution in [1.29, 1.82) is 0 Å². The summed E-state index contributed by atoms with van der Waals surface area (Å²) in [4.78, 5) is 2.34. The summed E-state index contributed by atoms with van der Waals surface area (Å²) < 4.78 is 5.90. The van der Waals surface area contributed by atoms with Crippen molar-refractivity contribution in [2.45, 2.75) is 18.9 Å². The van der Waals surface area contributed by atoms with Crippen LogP contribution in [0.3, 0.4) is 0 Å². The van der Waals surface area contributed by atoms with E-state index in [1.807, 2.05) is 30.3 Å². The molecular formula is C19H24N2O. The van der Waals surface area contributed by atoms with Gasteiger partial charge in [0.05, 0.1) is 0 Å². The van der Waals surface area contributed by atoms with Gasteiger partial charge in [0, 0.05) is 38.3 Å². The Morgan fingerprint density at radius 3 is 2.68 bits per heavy atom. The van der Waals surface area contributed by atoms with E-state index in [2.05, 4.69) is 48.5 Å². The molecule has 3 heteroatoms. The van der Waals surface area contributed by atoms with Crippen molar-refractivity contribution in [1.82, 2.24) is 5.32 Å². The van der Waals surface area contributed by atoms with Crippen LogP contribution in [0.25, 0.3) is 0 Å². The van der Waals surface area contributed by atoms with E-state index in [9.17, 15) is 0 Å². The van der Waals surface area contributed by atoms with Gasteiger partial charge >= 0.3 is 0 Å². The quantitative estimate of drug-likeness (QED) is 0.885. The number of benzene rings is 2. The maximum absolute atomic E-state index is 5.90. The molecule has 0 bridgehead atoms. The predicted molar refractivity (Wildman–Crippen MR) is 91.9 cm³/mol. The van der Waals surface area contributed by atoms with Gasteiger partial charge in [-0.2, -0.15) is 0 Å². The first-order chi connectivity index (χ1) is 10.7. The van der Waals surface area contributed by atoms with Gasteiger partial charge in [0.2, 0.25) is 0 Å². The van der Waals surface area contributed by atoms with E-state index in [1.54, 1.807) is 0 Å². The fraction of sp³-hybridized carbons (Fsp3) is 0.368. The number of nitrogens with one attached hydrogen (secondary N) is 1. The van der Waals surface area contributed by atoms with Gasteiger partial charge < -0.3 is 15.0 Å². The molecule has 2 aromatic rings. The molecule has 0 amide bonds. The zero-order chi connectivity index (χ0) is 15.4. The maximum atomic E-state index is 5.90. The van der Waals surface area contributed by atoms with Gasteiger partial charge in [-0.25, -0.2) is 0 Å². The topological polar surface area (TPSA) is 24.5 Å². The fourth-order valence-corrected chi connectivity index (χ4v) is 3.12. The van der Waals surface area contributed by atoms with Gasteiger partial charge in [-0.05, 0) is 30.7 Å². The number of nitrogens with zero attached hydrogens (tertiary/aromatic N) is 1. The molecule has 0 aliphatic carbocycles. The molecule has 2 atom stereocenters. The first-order valence-corrected chi connectivity index (χ1v) is 7.96. The van der Waals surface area contributed by atoms with Gasteiger partial charge in [-0.1, -0.05) is 36.4 Å². The van der Waals surface area contributed by atoms with E-state index in [4.69, 9.17) is 4.74 Å². The van der Waals surface area contributed by atoms with Crippen molar-refractivity contribution in [3.05, 3.63) is 60.2 Å². The molecular weight excluding hydrogens is 272 g/mol. The Hall–Kier alpha value is -2.00. The van der Waals surface area contributed by atoms with Crippen LogP contribution >= 0.6 is 0 Å². The van der Waals surface area contributed by atoms with E-state index in [-0.39, 0.29) is 6.10 Å². The predicted octanol–water partition coefficient (Wildman–Crippen LogP) is 3.28. The fourth-order valence-electron chi connectivity index (χ4n) is 3.12. The molecule has 0 radical (unpaired) electrons. The molecule has 1 aliphatic rings. The normalized spacial score (nSPS) is 18.1. The number of hydrogen-bond donors (Lipinski definition) is 1. The highest BCUT2D eigenvalue weighted by molar-refractivity contribution is 5.59. The standard InChI is InChI=1S/C19H24N2O/c1-15(22-17-8-4-3-5-9-17)12-20-13-16-14-21(2)19-11-7-6-10-18(16)19/h3-11,15-16,20H,12-14H2,1-2H3. The van der Waals surface area contributed by atoms with Crippen LogP contribution in [0, 0.1) is 0 Å². The van der Waals surface area contributed by atoms with Crippen LogP contribution in [0.15, 0.2) is 54.6 Å². The maximum Gasteiger partial charge on any atom is 0.119 e. The summed E-state index contributed by atoms with van der Waals surface area (Å²) in [5, 5.41) is 3.56. The van der Waals surface area contributed by atoms with Crippen LogP contribution < -0.4 is 15.0 Å². The van der Waals surface area contributed by atoms with Crippen LogP contribution in [0.4, 0.5) is 5.69 Å². The monoisotopic (exact) mass is 296 g/mol. The molecule has 3 nitrogen and oxygen atoms in total. The average molecular weight is 296 g/mol.